The fourth-order valence-corrected chi connectivity index (χ4v) is 2.40. The van der Waals surface area contributed by atoms with Crippen molar-refractivity contribution in [2.24, 2.45) is 0 Å². The average Bonchev–Trinajstić information content (AvgIpc) is 2.65. The standard InChI is InChI=1S/C20H24N2O4/c1-15-9-10-18(25-3)16(11-15)13-22(2)20(24)12-21-19(23)14-26-17-7-5-4-6-8-17/h4-11H,12-14H2,1-3H3,(H,21,23). The number of carbonyl (C=O) groups is 2. The zero-order valence-electron chi connectivity index (χ0n) is 15.3. The minimum Gasteiger partial charge on any atom is -0.496 e. The van der Waals surface area contributed by atoms with Crippen molar-refractivity contribution >= 4 is 11.8 Å². The number of benzene rings is 2. The molecule has 26 heavy (non-hydrogen) atoms. The van der Waals surface area contributed by atoms with E-state index in [1.165, 1.54) is 0 Å². The lowest BCUT2D eigenvalue weighted by Gasteiger charge is -2.19. The highest BCUT2D eigenvalue weighted by Gasteiger charge is 2.13. The lowest BCUT2D eigenvalue weighted by Crippen LogP contribution is -2.39. The molecule has 0 saturated heterocycles. The molecule has 6 heteroatoms. The van der Waals surface area contributed by atoms with Crippen LogP contribution in [0.25, 0.3) is 0 Å². The fraction of sp³-hybridized carbons (Fsp3) is 0.300. The van der Waals surface area contributed by atoms with Gasteiger partial charge in [-0.25, -0.2) is 0 Å². The van der Waals surface area contributed by atoms with Crippen LogP contribution in [0, 0.1) is 6.92 Å². The highest BCUT2D eigenvalue weighted by molar-refractivity contribution is 5.85. The molecule has 0 atom stereocenters. The molecule has 2 aromatic carbocycles. The highest BCUT2D eigenvalue weighted by atomic mass is 16.5. The van der Waals surface area contributed by atoms with E-state index in [0.29, 0.717) is 12.3 Å². The number of ether oxygens (including phenoxy) is 2. The van der Waals surface area contributed by atoms with Crippen LogP contribution < -0.4 is 14.8 Å². The molecule has 6 nitrogen and oxygen atoms in total. The van der Waals surface area contributed by atoms with Gasteiger partial charge in [0.15, 0.2) is 6.61 Å². The van der Waals surface area contributed by atoms with Gasteiger partial charge in [0, 0.05) is 19.2 Å². The maximum Gasteiger partial charge on any atom is 0.258 e. The molecule has 2 amide bonds. The first-order chi connectivity index (χ1) is 12.5. The molecule has 138 valence electrons. The quantitative estimate of drug-likeness (QED) is 0.787. The Bertz CT molecular complexity index is 747. The Morgan fingerprint density at radius 3 is 2.54 bits per heavy atom. The smallest absolute Gasteiger partial charge is 0.258 e. The first kappa shape index (κ1) is 19.3. The monoisotopic (exact) mass is 356 g/mol. The van der Waals surface area contributed by atoms with Crippen molar-refractivity contribution in [3.05, 3.63) is 59.7 Å². The van der Waals surface area contributed by atoms with E-state index in [0.717, 1.165) is 16.9 Å². The summed E-state index contributed by atoms with van der Waals surface area (Å²) in [7, 11) is 3.29. The van der Waals surface area contributed by atoms with Gasteiger partial charge in [-0.05, 0) is 25.1 Å². The Hall–Kier alpha value is -3.02. The maximum absolute atomic E-state index is 12.2. The number of likely N-dealkylation sites (N-methyl/N-ethyl adjacent to an activating group) is 1. The van der Waals surface area contributed by atoms with Gasteiger partial charge in [0.05, 0.1) is 13.7 Å². The largest absolute Gasteiger partial charge is 0.496 e. The Balaban J connectivity index is 1.80. The number of aryl methyl sites for hydroxylation is 1. The van der Waals surface area contributed by atoms with Gasteiger partial charge in [0.1, 0.15) is 11.5 Å². The molecule has 1 N–H and O–H groups in total. The highest BCUT2D eigenvalue weighted by Crippen LogP contribution is 2.20. The van der Waals surface area contributed by atoms with E-state index in [1.54, 1.807) is 31.2 Å². The number of rotatable bonds is 8. The lowest BCUT2D eigenvalue weighted by molar-refractivity contribution is -0.132. The summed E-state index contributed by atoms with van der Waals surface area (Å²) in [6, 6.07) is 14.9. The minimum absolute atomic E-state index is 0.0817. The topological polar surface area (TPSA) is 67.9 Å². The van der Waals surface area contributed by atoms with Crippen molar-refractivity contribution < 1.29 is 19.1 Å². The number of amides is 2. The Labute approximate surface area is 153 Å². The molecule has 0 aromatic heterocycles. The molecule has 0 spiro atoms. The van der Waals surface area contributed by atoms with Crippen molar-refractivity contribution in [1.82, 2.24) is 10.2 Å². The third-order valence-electron chi connectivity index (χ3n) is 3.82. The van der Waals surface area contributed by atoms with Crippen molar-refractivity contribution in [3.8, 4) is 11.5 Å². The van der Waals surface area contributed by atoms with E-state index in [2.05, 4.69) is 5.32 Å². The number of hydrogen-bond donors (Lipinski definition) is 1. The van der Waals surface area contributed by atoms with Crippen LogP contribution in [0.4, 0.5) is 0 Å². The van der Waals surface area contributed by atoms with Crippen LogP contribution in [0.3, 0.4) is 0 Å². The second-order valence-electron chi connectivity index (χ2n) is 5.94. The van der Waals surface area contributed by atoms with E-state index in [4.69, 9.17) is 9.47 Å². The van der Waals surface area contributed by atoms with Crippen LogP contribution in [-0.4, -0.2) is 44.0 Å². The molecular formula is C20H24N2O4. The van der Waals surface area contributed by atoms with Crippen LogP contribution in [0.15, 0.2) is 48.5 Å². The molecule has 0 heterocycles. The number of para-hydroxylation sites is 1. The van der Waals surface area contributed by atoms with E-state index >= 15 is 0 Å². The lowest BCUT2D eigenvalue weighted by atomic mass is 10.1. The molecule has 0 saturated carbocycles. The first-order valence-corrected chi connectivity index (χ1v) is 8.31. The minimum atomic E-state index is -0.344. The van der Waals surface area contributed by atoms with Gasteiger partial charge in [-0.3, -0.25) is 9.59 Å². The summed E-state index contributed by atoms with van der Waals surface area (Å²) < 4.78 is 10.7. The van der Waals surface area contributed by atoms with Crippen LogP contribution in [0.5, 0.6) is 11.5 Å². The molecule has 0 bridgehead atoms. The molecular weight excluding hydrogens is 332 g/mol. The van der Waals surface area contributed by atoms with Gasteiger partial charge in [0.25, 0.3) is 5.91 Å². The van der Waals surface area contributed by atoms with Crippen LogP contribution in [0.1, 0.15) is 11.1 Å². The van der Waals surface area contributed by atoms with Crippen LogP contribution >= 0.6 is 0 Å². The van der Waals surface area contributed by atoms with Crippen molar-refractivity contribution in [2.75, 3.05) is 27.3 Å². The van der Waals surface area contributed by atoms with E-state index in [1.807, 2.05) is 43.3 Å². The molecule has 0 aliphatic carbocycles. The maximum atomic E-state index is 12.2. The third-order valence-corrected chi connectivity index (χ3v) is 3.82. The van der Waals surface area contributed by atoms with Gasteiger partial charge in [-0.15, -0.1) is 0 Å². The van der Waals surface area contributed by atoms with E-state index in [-0.39, 0.29) is 25.0 Å². The molecule has 0 aliphatic heterocycles. The first-order valence-electron chi connectivity index (χ1n) is 8.31. The summed E-state index contributed by atoms with van der Waals surface area (Å²) >= 11 is 0. The Kier molecular flexibility index (Phi) is 7.02. The van der Waals surface area contributed by atoms with E-state index < -0.39 is 0 Å². The second kappa shape index (κ2) is 9.46. The normalized spacial score (nSPS) is 10.1. The van der Waals surface area contributed by atoms with Crippen molar-refractivity contribution in [2.45, 2.75) is 13.5 Å². The third kappa shape index (κ3) is 5.81. The Morgan fingerprint density at radius 2 is 1.85 bits per heavy atom. The summed E-state index contributed by atoms with van der Waals surface area (Å²) in [5, 5.41) is 2.57. The molecule has 0 unspecified atom stereocenters. The van der Waals surface area contributed by atoms with Gasteiger partial charge < -0.3 is 19.7 Å². The summed E-state index contributed by atoms with van der Waals surface area (Å²) in [6.45, 7) is 2.17. The number of carbonyl (C=O) groups excluding carboxylic acids is 2. The SMILES string of the molecule is COc1ccc(C)cc1CN(C)C(=O)CNC(=O)COc1ccccc1. The number of hydrogen-bond acceptors (Lipinski definition) is 4. The van der Waals surface area contributed by atoms with Crippen LogP contribution in [0.2, 0.25) is 0 Å². The Morgan fingerprint density at radius 1 is 1.12 bits per heavy atom. The fourth-order valence-electron chi connectivity index (χ4n) is 2.40. The molecule has 2 aromatic rings. The molecule has 0 fully saturated rings. The summed E-state index contributed by atoms with van der Waals surface area (Å²) in [5.74, 6) is 0.804. The van der Waals surface area contributed by atoms with E-state index in [9.17, 15) is 9.59 Å². The van der Waals surface area contributed by atoms with Crippen LogP contribution in [-0.2, 0) is 16.1 Å². The number of nitrogens with zero attached hydrogens (tertiary/aromatic N) is 1. The number of methoxy groups -OCH3 is 1. The van der Waals surface area contributed by atoms with Crippen molar-refractivity contribution in [1.29, 1.82) is 0 Å². The predicted octanol–water partition coefficient (Wildman–Crippen LogP) is 2.16. The zero-order chi connectivity index (χ0) is 18.9. The predicted molar refractivity (Wildman–Crippen MR) is 99.2 cm³/mol. The van der Waals surface area contributed by atoms with Gasteiger partial charge in [-0.2, -0.15) is 0 Å². The average molecular weight is 356 g/mol. The van der Waals surface area contributed by atoms with Gasteiger partial charge in [-0.1, -0.05) is 35.9 Å². The van der Waals surface area contributed by atoms with Gasteiger partial charge in [0.2, 0.25) is 5.91 Å². The molecule has 2 rings (SSSR count). The van der Waals surface area contributed by atoms with Gasteiger partial charge >= 0.3 is 0 Å². The molecule has 0 aliphatic rings. The summed E-state index contributed by atoms with van der Waals surface area (Å²) in [4.78, 5) is 25.6. The summed E-state index contributed by atoms with van der Waals surface area (Å²) in [6.07, 6.45) is 0. The second-order valence-corrected chi connectivity index (χ2v) is 5.94. The van der Waals surface area contributed by atoms with Crippen molar-refractivity contribution in [3.63, 3.8) is 0 Å². The summed E-state index contributed by atoms with van der Waals surface area (Å²) in [5.41, 5.74) is 2.01. The molecule has 0 radical (unpaired) electrons. The zero-order valence-corrected chi connectivity index (χ0v) is 15.3. The number of nitrogens with one attached hydrogen (secondary N) is 1.